The average molecular weight is 294 g/mol. The lowest BCUT2D eigenvalue weighted by molar-refractivity contribution is 0.0792. The molecule has 108 valence electrons. The standard InChI is InChI=1S/C14H18N2O3S/c17-14(16-9-1-2-10-16)11-3-7-13(8-4-11)20(18,19)15-12-5-6-12/h3-4,7-8,12,15H,1-2,5-6,9-10H2. The zero-order chi connectivity index (χ0) is 14.2. The molecule has 0 spiro atoms. The first-order valence-corrected chi connectivity index (χ1v) is 8.46. The van der Waals surface area contributed by atoms with E-state index in [9.17, 15) is 13.2 Å². The van der Waals surface area contributed by atoms with Gasteiger partial charge in [-0.1, -0.05) is 0 Å². The molecule has 1 aromatic rings. The highest BCUT2D eigenvalue weighted by atomic mass is 32.2. The molecule has 20 heavy (non-hydrogen) atoms. The Bertz CT molecular complexity index is 600. The van der Waals surface area contributed by atoms with Crippen molar-refractivity contribution in [2.45, 2.75) is 36.6 Å². The van der Waals surface area contributed by atoms with Gasteiger partial charge in [0.05, 0.1) is 4.90 Å². The van der Waals surface area contributed by atoms with Crippen LogP contribution in [0.5, 0.6) is 0 Å². The number of nitrogens with zero attached hydrogens (tertiary/aromatic N) is 1. The molecule has 0 atom stereocenters. The van der Waals surface area contributed by atoms with Gasteiger partial charge in [-0.15, -0.1) is 0 Å². The van der Waals surface area contributed by atoms with Crippen LogP contribution in [0.1, 0.15) is 36.0 Å². The summed E-state index contributed by atoms with van der Waals surface area (Å²) in [5, 5.41) is 0. The Morgan fingerprint density at radius 2 is 1.70 bits per heavy atom. The normalized spacial score (nSPS) is 19.3. The molecule has 1 saturated heterocycles. The maximum absolute atomic E-state index is 12.2. The molecule has 0 radical (unpaired) electrons. The van der Waals surface area contributed by atoms with Crippen LogP contribution in [0.2, 0.25) is 0 Å². The Kier molecular flexibility index (Phi) is 3.52. The Balaban J connectivity index is 1.75. The lowest BCUT2D eigenvalue weighted by Crippen LogP contribution is -2.28. The second-order valence-corrected chi connectivity index (χ2v) is 7.13. The second kappa shape index (κ2) is 5.18. The number of sulfonamides is 1. The maximum Gasteiger partial charge on any atom is 0.253 e. The quantitative estimate of drug-likeness (QED) is 0.912. The second-order valence-electron chi connectivity index (χ2n) is 5.42. The highest BCUT2D eigenvalue weighted by Gasteiger charge is 2.28. The highest BCUT2D eigenvalue weighted by Crippen LogP contribution is 2.22. The molecule has 0 aromatic heterocycles. The Morgan fingerprint density at radius 3 is 2.25 bits per heavy atom. The summed E-state index contributed by atoms with van der Waals surface area (Å²) in [6.45, 7) is 1.59. The van der Waals surface area contributed by atoms with Gasteiger partial charge in [0.1, 0.15) is 0 Å². The Morgan fingerprint density at radius 1 is 1.10 bits per heavy atom. The van der Waals surface area contributed by atoms with Gasteiger partial charge in [0.25, 0.3) is 5.91 Å². The van der Waals surface area contributed by atoms with Crippen molar-refractivity contribution in [3.63, 3.8) is 0 Å². The number of hydrogen-bond acceptors (Lipinski definition) is 3. The summed E-state index contributed by atoms with van der Waals surface area (Å²) in [4.78, 5) is 14.2. The topological polar surface area (TPSA) is 66.5 Å². The molecule has 1 aromatic carbocycles. The molecule has 1 amide bonds. The van der Waals surface area contributed by atoms with Crippen molar-refractivity contribution in [3.8, 4) is 0 Å². The Hall–Kier alpha value is -1.40. The lowest BCUT2D eigenvalue weighted by Gasteiger charge is -2.15. The van der Waals surface area contributed by atoms with E-state index >= 15 is 0 Å². The van der Waals surface area contributed by atoms with Crippen LogP contribution >= 0.6 is 0 Å². The van der Waals surface area contributed by atoms with Crippen molar-refractivity contribution in [2.75, 3.05) is 13.1 Å². The summed E-state index contributed by atoms with van der Waals surface area (Å²) >= 11 is 0. The van der Waals surface area contributed by atoms with Gasteiger partial charge in [-0.2, -0.15) is 0 Å². The third-order valence-corrected chi connectivity index (χ3v) is 5.24. The molecule has 3 rings (SSSR count). The van der Waals surface area contributed by atoms with Gasteiger partial charge in [0, 0.05) is 24.7 Å². The van der Waals surface area contributed by atoms with Gasteiger partial charge < -0.3 is 4.90 Å². The number of likely N-dealkylation sites (tertiary alicyclic amines) is 1. The van der Waals surface area contributed by atoms with E-state index in [-0.39, 0.29) is 16.8 Å². The van der Waals surface area contributed by atoms with Crippen LogP contribution in [0, 0.1) is 0 Å². The highest BCUT2D eigenvalue weighted by molar-refractivity contribution is 7.89. The van der Waals surface area contributed by atoms with Crippen LogP contribution in [0.4, 0.5) is 0 Å². The minimum atomic E-state index is -3.43. The maximum atomic E-state index is 12.2. The van der Waals surface area contributed by atoms with Crippen molar-refractivity contribution in [1.82, 2.24) is 9.62 Å². The SMILES string of the molecule is O=C(c1ccc(S(=O)(=O)NC2CC2)cc1)N1CCCC1. The first-order valence-electron chi connectivity index (χ1n) is 6.98. The number of amides is 1. The zero-order valence-corrected chi connectivity index (χ0v) is 12.0. The fourth-order valence-electron chi connectivity index (χ4n) is 2.37. The number of carbonyl (C=O) groups is 1. The van der Waals surface area contributed by atoms with Crippen LogP contribution in [-0.4, -0.2) is 38.4 Å². The minimum Gasteiger partial charge on any atom is -0.339 e. The molecule has 2 fully saturated rings. The van der Waals surface area contributed by atoms with Crippen molar-refractivity contribution < 1.29 is 13.2 Å². The molecular formula is C14H18N2O3S. The molecule has 1 saturated carbocycles. The summed E-state index contributed by atoms with van der Waals surface area (Å²) < 4.78 is 26.7. The van der Waals surface area contributed by atoms with E-state index in [0.717, 1.165) is 38.8 Å². The smallest absolute Gasteiger partial charge is 0.253 e. The predicted molar refractivity (Wildman–Crippen MR) is 74.9 cm³/mol. The van der Waals surface area contributed by atoms with E-state index in [0.29, 0.717) is 5.56 Å². The van der Waals surface area contributed by atoms with Crippen molar-refractivity contribution in [2.24, 2.45) is 0 Å². The third kappa shape index (κ3) is 2.86. The number of carbonyl (C=O) groups excluding carboxylic acids is 1. The van der Waals surface area contributed by atoms with Gasteiger partial charge in [-0.25, -0.2) is 13.1 Å². The zero-order valence-electron chi connectivity index (χ0n) is 11.2. The number of nitrogens with one attached hydrogen (secondary N) is 1. The van der Waals surface area contributed by atoms with E-state index < -0.39 is 10.0 Å². The summed E-state index contributed by atoms with van der Waals surface area (Å²) in [5.41, 5.74) is 0.553. The molecule has 1 aliphatic carbocycles. The van der Waals surface area contributed by atoms with E-state index in [1.165, 1.54) is 12.1 Å². The van der Waals surface area contributed by atoms with E-state index in [1.54, 1.807) is 12.1 Å². The third-order valence-electron chi connectivity index (χ3n) is 3.70. The van der Waals surface area contributed by atoms with Crippen LogP contribution in [0.3, 0.4) is 0 Å². The largest absolute Gasteiger partial charge is 0.339 e. The molecule has 1 aliphatic heterocycles. The van der Waals surface area contributed by atoms with Crippen LogP contribution in [-0.2, 0) is 10.0 Å². The summed E-state index contributed by atoms with van der Waals surface area (Å²) in [7, 11) is -3.43. The van der Waals surface area contributed by atoms with Gasteiger partial charge in [0.2, 0.25) is 10.0 Å². The number of benzene rings is 1. The summed E-state index contributed by atoms with van der Waals surface area (Å²) in [5.74, 6) is -0.0124. The van der Waals surface area contributed by atoms with Gasteiger partial charge in [0.15, 0.2) is 0 Å². The first kappa shape index (κ1) is 13.6. The molecule has 0 unspecified atom stereocenters. The molecule has 0 bridgehead atoms. The monoisotopic (exact) mass is 294 g/mol. The van der Waals surface area contributed by atoms with Crippen LogP contribution < -0.4 is 4.72 Å². The molecular weight excluding hydrogens is 276 g/mol. The fraction of sp³-hybridized carbons (Fsp3) is 0.500. The van der Waals surface area contributed by atoms with Crippen molar-refractivity contribution >= 4 is 15.9 Å². The van der Waals surface area contributed by atoms with E-state index in [4.69, 9.17) is 0 Å². The molecule has 6 heteroatoms. The van der Waals surface area contributed by atoms with Crippen LogP contribution in [0.15, 0.2) is 29.2 Å². The van der Waals surface area contributed by atoms with Crippen molar-refractivity contribution in [1.29, 1.82) is 0 Å². The van der Waals surface area contributed by atoms with Gasteiger partial charge in [-0.05, 0) is 49.9 Å². The van der Waals surface area contributed by atoms with Crippen molar-refractivity contribution in [3.05, 3.63) is 29.8 Å². The lowest BCUT2D eigenvalue weighted by atomic mass is 10.2. The number of rotatable bonds is 4. The number of hydrogen-bond donors (Lipinski definition) is 1. The molecule has 1 N–H and O–H groups in total. The van der Waals surface area contributed by atoms with E-state index in [2.05, 4.69) is 4.72 Å². The molecule has 5 nitrogen and oxygen atoms in total. The van der Waals surface area contributed by atoms with Crippen LogP contribution in [0.25, 0.3) is 0 Å². The van der Waals surface area contributed by atoms with E-state index in [1.807, 2.05) is 4.90 Å². The molecule has 1 heterocycles. The summed E-state index contributed by atoms with van der Waals surface area (Å²) in [6, 6.07) is 6.30. The fourth-order valence-corrected chi connectivity index (χ4v) is 3.67. The van der Waals surface area contributed by atoms with Gasteiger partial charge in [-0.3, -0.25) is 4.79 Å². The predicted octanol–water partition coefficient (Wildman–Crippen LogP) is 1.36. The molecule has 2 aliphatic rings. The minimum absolute atomic E-state index is 0.0124. The average Bonchev–Trinajstić information content (AvgIpc) is 3.07. The first-order chi connectivity index (χ1) is 9.56. The summed E-state index contributed by atoms with van der Waals surface area (Å²) in [6.07, 6.45) is 3.91. The van der Waals surface area contributed by atoms with Gasteiger partial charge >= 0.3 is 0 Å². The Labute approximate surface area is 119 Å².